The predicted molar refractivity (Wildman–Crippen MR) is 89.9 cm³/mol. The molecule has 21 heavy (non-hydrogen) atoms. The van der Waals surface area contributed by atoms with Crippen molar-refractivity contribution in [1.82, 2.24) is 10.2 Å². The van der Waals surface area contributed by atoms with Crippen LogP contribution in [0.3, 0.4) is 0 Å². The lowest BCUT2D eigenvalue weighted by molar-refractivity contribution is 0.0740. The van der Waals surface area contributed by atoms with E-state index in [2.05, 4.69) is 36.2 Å². The van der Waals surface area contributed by atoms with E-state index in [0.717, 1.165) is 30.5 Å². The molecule has 2 fully saturated rings. The lowest BCUT2D eigenvalue weighted by atomic mass is 9.90. The lowest BCUT2D eigenvalue weighted by Crippen LogP contribution is -2.64. The zero-order valence-corrected chi connectivity index (χ0v) is 14.0. The number of halogens is 1. The van der Waals surface area contributed by atoms with E-state index >= 15 is 0 Å². The van der Waals surface area contributed by atoms with Crippen LogP contribution in [-0.4, -0.2) is 36.1 Å². The number of hydrogen-bond donors (Lipinski definition) is 1. The summed E-state index contributed by atoms with van der Waals surface area (Å²) in [5.41, 5.74) is 1.73. The lowest BCUT2D eigenvalue weighted by Gasteiger charge is -2.46. The fourth-order valence-electron chi connectivity index (χ4n) is 3.67. The van der Waals surface area contributed by atoms with Crippen molar-refractivity contribution in [3.63, 3.8) is 0 Å². The van der Waals surface area contributed by atoms with E-state index in [-0.39, 0.29) is 0 Å². The average molecular weight is 307 g/mol. The second kappa shape index (κ2) is 6.28. The Balaban J connectivity index is 1.61. The number of piperazine rings is 1. The predicted octanol–water partition coefficient (Wildman–Crippen LogP) is 3.74. The van der Waals surface area contributed by atoms with Crippen molar-refractivity contribution in [1.29, 1.82) is 0 Å². The Kier molecular flexibility index (Phi) is 4.58. The van der Waals surface area contributed by atoms with Gasteiger partial charge in [0.25, 0.3) is 0 Å². The van der Waals surface area contributed by atoms with E-state index in [1.165, 1.54) is 31.4 Å². The maximum absolute atomic E-state index is 5.97. The monoisotopic (exact) mass is 306 g/mol. The Morgan fingerprint density at radius 1 is 1.29 bits per heavy atom. The summed E-state index contributed by atoms with van der Waals surface area (Å²) in [6.45, 7) is 8.23. The van der Waals surface area contributed by atoms with Crippen molar-refractivity contribution >= 4 is 11.6 Å². The van der Waals surface area contributed by atoms with Crippen molar-refractivity contribution in [2.45, 2.75) is 51.1 Å². The molecular weight excluding hydrogens is 280 g/mol. The summed E-state index contributed by atoms with van der Waals surface area (Å²) in [5.74, 6) is 0.897. The standard InChI is InChI=1S/C18H27ClN2/c1-3-17-12-20-18(2,15-6-7-15)13-21(17)11-10-14-4-8-16(19)9-5-14/h4-5,8-9,15,17,20H,3,6-7,10-13H2,1-2H3. The van der Waals surface area contributed by atoms with Gasteiger partial charge in [-0.1, -0.05) is 30.7 Å². The van der Waals surface area contributed by atoms with Crippen LogP contribution in [0.2, 0.25) is 5.02 Å². The smallest absolute Gasteiger partial charge is 0.0406 e. The third kappa shape index (κ3) is 3.61. The van der Waals surface area contributed by atoms with Gasteiger partial charge in [-0.3, -0.25) is 4.90 Å². The molecule has 0 radical (unpaired) electrons. The Bertz CT molecular complexity index is 469. The van der Waals surface area contributed by atoms with Gasteiger partial charge < -0.3 is 5.32 Å². The molecule has 0 bridgehead atoms. The highest BCUT2D eigenvalue weighted by Gasteiger charge is 2.45. The Morgan fingerprint density at radius 3 is 2.62 bits per heavy atom. The number of hydrogen-bond acceptors (Lipinski definition) is 2. The Morgan fingerprint density at radius 2 is 2.00 bits per heavy atom. The van der Waals surface area contributed by atoms with Crippen molar-refractivity contribution in [2.75, 3.05) is 19.6 Å². The van der Waals surface area contributed by atoms with Crippen molar-refractivity contribution in [2.24, 2.45) is 5.92 Å². The quantitative estimate of drug-likeness (QED) is 0.891. The van der Waals surface area contributed by atoms with Crippen molar-refractivity contribution < 1.29 is 0 Å². The molecule has 0 spiro atoms. The normalized spacial score (nSPS) is 30.5. The second-order valence-corrected chi connectivity index (χ2v) is 7.42. The molecule has 1 saturated carbocycles. The van der Waals surface area contributed by atoms with Crippen molar-refractivity contribution in [3.8, 4) is 0 Å². The SMILES string of the molecule is CCC1CNC(C)(C2CC2)CN1CCc1ccc(Cl)cc1. The number of rotatable bonds is 5. The van der Waals surface area contributed by atoms with Crippen LogP contribution in [0, 0.1) is 5.92 Å². The first-order valence-corrected chi connectivity index (χ1v) is 8.72. The maximum atomic E-state index is 5.97. The highest BCUT2D eigenvalue weighted by atomic mass is 35.5. The van der Waals surface area contributed by atoms with E-state index in [4.69, 9.17) is 11.6 Å². The molecule has 2 unspecified atom stereocenters. The minimum Gasteiger partial charge on any atom is -0.308 e. The largest absolute Gasteiger partial charge is 0.308 e. The van der Waals surface area contributed by atoms with E-state index < -0.39 is 0 Å². The zero-order chi connectivity index (χ0) is 14.9. The summed E-state index contributed by atoms with van der Waals surface area (Å²) < 4.78 is 0. The summed E-state index contributed by atoms with van der Waals surface area (Å²) in [7, 11) is 0. The highest BCUT2D eigenvalue weighted by molar-refractivity contribution is 6.30. The van der Waals surface area contributed by atoms with E-state index in [1.54, 1.807) is 0 Å². The fraction of sp³-hybridized carbons (Fsp3) is 0.667. The molecule has 1 heterocycles. The van der Waals surface area contributed by atoms with Crippen LogP contribution >= 0.6 is 11.6 Å². The Labute approximate surface area is 133 Å². The van der Waals surface area contributed by atoms with Gasteiger partial charge in [0.15, 0.2) is 0 Å². The van der Waals surface area contributed by atoms with Gasteiger partial charge in [-0.2, -0.15) is 0 Å². The molecular formula is C18H27ClN2. The van der Waals surface area contributed by atoms with Crippen LogP contribution < -0.4 is 5.32 Å². The molecule has 3 heteroatoms. The molecule has 1 aliphatic carbocycles. The van der Waals surface area contributed by atoms with Crippen LogP contribution in [0.1, 0.15) is 38.7 Å². The van der Waals surface area contributed by atoms with Crippen LogP contribution in [0.5, 0.6) is 0 Å². The number of nitrogens with one attached hydrogen (secondary N) is 1. The van der Waals surface area contributed by atoms with Gasteiger partial charge in [-0.05, 0) is 56.2 Å². The second-order valence-electron chi connectivity index (χ2n) is 6.98. The molecule has 0 aromatic heterocycles. The fourth-order valence-corrected chi connectivity index (χ4v) is 3.79. The first-order chi connectivity index (χ1) is 10.1. The average Bonchev–Trinajstić information content (AvgIpc) is 3.32. The van der Waals surface area contributed by atoms with Crippen molar-refractivity contribution in [3.05, 3.63) is 34.9 Å². The minimum absolute atomic E-state index is 0.339. The number of nitrogens with zero attached hydrogens (tertiary/aromatic N) is 1. The van der Waals surface area contributed by atoms with Gasteiger partial charge in [0.1, 0.15) is 0 Å². The first kappa shape index (κ1) is 15.3. The third-order valence-electron chi connectivity index (χ3n) is 5.34. The van der Waals surface area contributed by atoms with Gasteiger partial charge >= 0.3 is 0 Å². The molecule has 116 valence electrons. The van der Waals surface area contributed by atoms with Crippen LogP contribution in [-0.2, 0) is 6.42 Å². The molecule has 1 aliphatic heterocycles. The van der Waals surface area contributed by atoms with Crippen LogP contribution in [0.4, 0.5) is 0 Å². The third-order valence-corrected chi connectivity index (χ3v) is 5.59. The molecule has 2 nitrogen and oxygen atoms in total. The van der Waals surface area contributed by atoms with Crippen LogP contribution in [0.25, 0.3) is 0 Å². The maximum Gasteiger partial charge on any atom is 0.0406 e. The molecule has 2 aliphatic rings. The topological polar surface area (TPSA) is 15.3 Å². The molecule has 2 atom stereocenters. The van der Waals surface area contributed by atoms with Gasteiger partial charge in [0.05, 0.1) is 0 Å². The molecule has 1 N–H and O–H groups in total. The molecule has 0 amide bonds. The van der Waals surface area contributed by atoms with Gasteiger partial charge in [0.2, 0.25) is 0 Å². The summed E-state index contributed by atoms with van der Waals surface area (Å²) >= 11 is 5.97. The molecule has 1 aromatic carbocycles. The summed E-state index contributed by atoms with van der Waals surface area (Å²) in [6, 6.07) is 9.00. The molecule has 1 saturated heterocycles. The minimum atomic E-state index is 0.339. The molecule has 1 aromatic rings. The summed E-state index contributed by atoms with van der Waals surface area (Å²) in [5, 5.41) is 4.66. The van der Waals surface area contributed by atoms with E-state index in [0.29, 0.717) is 11.6 Å². The van der Waals surface area contributed by atoms with Crippen LogP contribution in [0.15, 0.2) is 24.3 Å². The zero-order valence-electron chi connectivity index (χ0n) is 13.2. The van der Waals surface area contributed by atoms with E-state index in [9.17, 15) is 0 Å². The van der Waals surface area contributed by atoms with Gasteiger partial charge in [-0.15, -0.1) is 0 Å². The Hall–Kier alpha value is -0.570. The van der Waals surface area contributed by atoms with Gasteiger partial charge in [0, 0.05) is 36.2 Å². The van der Waals surface area contributed by atoms with Gasteiger partial charge in [-0.25, -0.2) is 0 Å². The molecule has 3 rings (SSSR count). The summed E-state index contributed by atoms with van der Waals surface area (Å²) in [4.78, 5) is 2.71. The summed E-state index contributed by atoms with van der Waals surface area (Å²) in [6.07, 6.45) is 5.17. The highest BCUT2D eigenvalue weighted by Crippen LogP contribution is 2.41. The number of benzene rings is 1. The van der Waals surface area contributed by atoms with E-state index in [1.807, 2.05) is 12.1 Å². The first-order valence-electron chi connectivity index (χ1n) is 8.34.